The zero-order valence-corrected chi connectivity index (χ0v) is 13.4. The summed E-state index contributed by atoms with van der Waals surface area (Å²) in [6, 6.07) is 9.08. The van der Waals surface area contributed by atoms with Crippen molar-refractivity contribution >= 4 is 5.69 Å². The van der Waals surface area contributed by atoms with Crippen LogP contribution in [0.2, 0.25) is 0 Å². The number of rotatable bonds is 5. The minimum atomic E-state index is -0.472. The van der Waals surface area contributed by atoms with Gasteiger partial charge >= 0.3 is 0 Å². The Balaban J connectivity index is 2.08. The molecule has 0 saturated carbocycles. The van der Waals surface area contributed by atoms with Gasteiger partial charge in [0.2, 0.25) is 5.75 Å². The van der Waals surface area contributed by atoms with Crippen molar-refractivity contribution < 1.29 is 19.5 Å². The predicted molar refractivity (Wildman–Crippen MR) is 88.7 cm³/mol. The SMILES string of the molecule is COc1cc(-c2n[nH]nc2-c2ccc([N+](=O)[O-])cc2)cc(O)c1OC. The van der Waals surface area contributed by atoms with Crippen LogP contribution in [0, 0.1) is 10.1 Å². The lowest BCUT2D eigenvalue weighted by Crippen LogP contribution is -1.93. The van der Waals surface area contributed by atoms with Crippen LogP contribution in [0.3, 0.4) is 0 Å². The molecular weight excluding hydrogens is 328 g/mol. The van der Waals surface area contributed by atoms with Gasteiger partial charge in [-0.3, -0.25) is 10.1 Å². The third-order valence-electron chi connectivity index (χ3n) is 3.63. The van der Waals surface area contributed by atoms with E-state index in [1.54, 1.807) is 18.2 Å². The van der Waals surface area contributed by atoms with E-state index in [4.69, 9.17) is 9.47 Å². The van der Waals surface area contributed by atoms with Crippen LogP contribution in [-0.4, -0.2) is 39.7 Å². The number of nitrogens with zero attached hydrogens (tertiary/aromatic N) is 3. The Morgan fingerprint density at radius 3 is 2.24 bits per heavy atom. The Morgan fingerprint density at radius 2 is 1.68 bits per heavy atom. The van der Waals surface area contributed by atoms with E-state index in [1.165, 1.54) is 32.4 Å². The number of non-ortho nitro benzene ring substituents is 1. The molecular formula is C16H14N4O5. The van der Waals surface area contributed by atoms with Gasteiger partial charge in [0, 0.05) is 23.3 Å². The highest BCUT2D eigenvalue weighted by Gasteiger charge is 2.18. The highest BCUT2D eigenvalue weighted by Crippen LogP contribution is 2.41. The van der Waals surface area contributed by atoms with Crippen LogP contribution < -0.4 is 9.47 Å². The van der Waals surface area contributed by atoms with E-state index in [0.29, 0.717) is 28.3 Å². The largest absolute Gasteiger partial charge is 0.504 e. The van der Waals surface area contributed by atoms with Gasteiger partial charge < -0.3 is 14.6 Å². The Hall–Kier alpha value is -3.62. The fourth-order valence-electron chi connectivity index (χ4n) is 2.46. The Morgan fingerprint density at radius 1 is 1.04 bits per heavy atom. The zero-order chi connectivity index (χ0) is 18.0. The molecule has 0 fully saturated rings. The van der Waals surface area contributed by atoms with Crippen LogP contribution in [0.5, 0.6) is 17.2 Å². The highest BCUT2D eigenvalue weighted by molar-refractivity contribution is 5.80. The third-order valence-corrected chi connectivity index (χ3v) is 3.63. The van der Waals surface area contributed by atoms with Crippen LogP contribution in [0.1, 0.15) is 0 Å². The number of phenolic OH excluding ortho intramolecular Hbond substituents is 1. The number of aromatic hydroxyl groups is 1. The van der Waals surface area contributed by atoms with Crippen molar-refractivity contribution in [1.82, 2.24) is 15.4 Å². The van der Waals surface area contributed by atoms with Gasteiger partial charge in [-0.15, -0.1) is 0 Å². The molecule has 128 valence electrons. The van der Waals surface area contributed by atoms with E-state index in [1.807, 2.05) is 0 Å². The van der Waals surface area contributed by atoms with E-state index in [9.17, 15) is 15.2 Å². The second-order valence-electron chi connectivity index (χ2n) is 5.06. The minimum Gasteiger partial charge on any atom is -0.504 e. The van der Waals surface area contributed by atoms with E-state index in [2.05, 4.69) is 15.4 Å². The topological polar surface area (TPSA) is 123 Å². The van der Waals surface area contributed by atoms with Gasteiger partial charge in [0.15, 0.2) is 11.5 Å². The van der Waals surface area contributed by atoms with Crippen molar-refractivity contribution in [2.24, 2.45) is 0 Å². The number of aromatic nitrogens is 3. The van der Waals surface area contributed by atoms with Gasteiger partial charge in [0.05, 0.1) is 19.1 Å². The lowest BCUT2D eigenvalue weighted by atomic mass is 10.0. The quantitative estimate of drug-likeness (QED) is 0.539. The van der Waals surface area contributed by atoms with Gasteiger partial charge in [-0.25, -0.2) is 0 Å². The van der Waals surface area contributed by atoms with Gasteiger partial charge in [0.25, 0.3) is 5.69 Å². The number of methoxy groups -OCH3 is 2. The number of hydrogen-bond donors (Lipinski definition) is 2. The summed E-state index contributed by atoms with van der Waals surface area (Å²) in [5.41, 5.74) is 2.13. The number of aromatic amines is 1. The third kappa shape index (κ3) is 2.94. The maximum atomic E-state index is 10.8. The van der Waals surface area contributed by atoms with Crippen molar-refractivity contribution in [1.29, 1.82) is 0 Å². The van der Waals surface area contributed by atoms with E-state index in [-0.39, 0.29) is 17.2 Å². The number of nitrogens with one attached hydrogen (secondary N) is 1. The molecule has 0 radical (unpaired) electrons. The molecule has 1 aromatic heterocycles. The molecule has 0 spiro atoms. The Bertz CT molecular complexity index is 921. The number of nitro groups is 1. The smallest absolute Gasteiger partial charge is 0.269 e. The standard InChI is InChI=1S/C16H14N4O5/c1-24-13-8-10(7-12(21)16(13)25-2)15-14(17-19-18-15)9-3-5-11(6-4-9)20(22)23/h3-8,21H,1-2H3,(H,17,18,19). The maximum absolute atomic E-state index is 10.8. The lowest BCUT2D eigenvalue weighted by Gasteiger charge is -2.11. The molecule has 0 unspecified atom stereocenters. The summed E-state index contributed by atoms with van der Waals surface area (Å²) in [5.74, 6) is 0.455. The van der Waals surface area contributed by atoms with Crippen molar-refractivity contribution in [3.63, 3.8) is 0 Å². The molecule has 9 nitrogen and oxygen atoms in total. The van der Waals surface area contributed by atoms with Crippen LogP contribution in [0.4, 0.5) is 5.69 Å². The molecule has 0 aliphatic heterocycles. The van der Waals surface area contributed by atoms with Crippen molar-refractivity contribution in [3.8, 4) is 39.8 Å². The molecule has 2 aromatic carbocycles. The first kappa shape index (κ1) is 16.2. The molecule has 3 rings (SSSR count). The van der Waals surface area contributed by atoms with Crippen molar-refractivity contribution in [2.45, 2.75) is 0 Å². The van der Waals surface area contributed by atoms with Gasteiger partial charge in [0.1, 0.15) is 11.4 Å². The number of phenols is 1. The number of ether oxygens (including phenoxy) is 2. The van der Waals surface area contributed by atoms with Gasteiger partial charge in [-0.2, -0.15) is 15.4 Å². The predicted octanol–water partition coefficient (Wildman–Crippen LogP) is 2.77. The summed E-state index contributed by atoms with van der Waals surface area (Å²) in [4.78, 5) is 10.3. The number of benzene rings is 2. The van der Waals surface area contributed by atoms with Crippen LogP contribution >= 0.6 is 0 Å². The molecule has 2 N–H and O–H groups in total. The molecule has 0 atom stereocenters. The second-order valence-corrected chi connectivity index (χ2v) is 5.06. The first-order valence-electron chi connectivity index (χ1n) is 7.16. The Kier molecular flexibility index (Phi) is 4.21. The molecule has 0 saturated heterocycles. The number of nitro benzene ring substituents is 1. The fourth-order valence-corrected chi connectivity index (χ4v) is 2.46. The van der Waals surface area contributed by atoms with Gasteiger partial charge in [-0.05, 0) is 24.3 Å². The second kappa shape index (κ2) is 6.48. The summed E-state index contributed by atoms with van der Waals surface area (Å²) in [6.45, 7) is 0. The van der Waals surface area contributed by atoms with Crippen LogP contribution in [-0.2, 0) is 0 Å². The number of hydrogen-bond acceptors (Lipinski definition) is 7. The van der Waals surface area contributed by atoms with Crippen LogP contribution in [0.25, 0.3) is 22.5 Å². The molecule has 0 aliphatic carbocycles. The van der Waals surface area contributed by atoms with Crippen molar-refractivity contribution in [2.75, 3.05) is 14.2 Å². The van der Waals surface area contributed by atoms with E-state index in [0.717, 1.165) is 0 Å². The normalized spacial score (nSPS) is 10.5. The highest BCUT2D eigenvalue weighted by atomic mass is 16.6. The summed E-state index contributed by atoms with van der Waals surface area (Å²) in [7, 11) is 2.89. The molecule has 3 aromatic rings. The van der Waals surface area contributed by atoms with E-state index >= 15 is 0 Å². The van der Waals surface area contributed by atoms with Crippen molar-refractivity contribution in [3.05, 3.63) is 46.5 Å². The Labute approximate surface area is 142 Å². The summed E-state index contributed by atoms with van der Waals surface area (Å²) < 4.78 is 10.3. The first-order valence-corrected chi connectivity index (χ1v) is 7.16. The minimum absolute atomic E-state index is 0.0162. The van der Waals surface area contributed by atoms with Crippen LogP contribution in [0.15, 0.2) is 36.4 Å². The summed E-state index contributed by atoms with van der Waals surface area (Å²) in [6.07, 6.45) is 0. The molecule has 1 heterocycles. The first-order chi connectivity index (χ1) is 12.0. The molecule has 0 amide bonds. The zero-order valence-electron chi connectivity index (χ0n) is 13.4. The maximum Gasteiger partial charge on any atom is 0.269 e. The molecule has 0 aliphatic rings. The van der Waals surface area contributed by atoms with E-state index < -0.39 is 4.92 Å². The monoisotopic (exact) mass is 342 g/mol. The summed E-state index contributed by atoms with van der Waals surface area (Å²) >= 11 is 0. The number of H-pyrrole nitrogens is 1. The molecule has 9 heteroatoms. The molecule has 0 bridgehead atoms. The fraction of sp³-hybridized carbons (Fsp3) is 0.125. The average Bonchev–Trinajstić information content (AvgIpc) is 3.10. The average molecular weight is 342 g/mol. The molecule has 25 heavy (non-hydrogen) atoms. The van der Waals surface area contributed by atoms with Gasteiger partial charge in [-0.1, -0.05) is 0 Å². The lowest BCUT2D eigenvalue weighted by molar-refractivity contribution is -0.384. The summed E-state index contributed by atoms with van der Waals surface area (Å²) in [5, 5.41) is 31.6.